The van der Waals surface area contributed by atoms with Crippen molar-refractivity contribution in [2.45, 2.75) is 20.5 Å². The van der Waals surface area contributed by atoms with Gasteiger partial charge in [0.15, 0.2) is 11.5 Å². The van der Waals surface area contributed by atoms with E-state index >= 15 is 0 Å². The van der Waals surface area contributed by atoms with Crippen molar-refractivity contribution in [2.24, 2.45) is 5.10 Å². The maximum Gasteiger partial charge on any atom is 0.280 e. The van der Waals surface area contributed by atoms with E-state index in [1.807, 2.05) is 86.7 Å². The topological polar surface area (TPSA) is 51.1 Å². The lowest BCUT2D eigenvalue weighted by Gasteiger charge is -2.17. The van der Waals surface area contributed by atoms with Crippen LogP contribution in [0, 0.1) is 0 Å². The number of carbonyl (C=O) groups excluding carboxylic acids is 1. The number of nitrogens with zero attached hydrogens (tertiary/aromatic N) is 2. The summed E-state index contributed by atoms with van der Waals surface area (Å²) in [5.74, 6) is 1.02. The first-order valence-corrected chi connectivity index (χ1v) is 12.1. The summed E-state index contributed by atoms with van der Waals surface area (Å²) in [6.07, 6.45) is 1.82. The number of carbonyl (C=O) groups is 1. The highest BCUT2D eigenvalue weighted by molar-refractivity contribution is 9.13. The summed E-state index contributed by atoms with van der Waals surface area (Å²) in [5.41, 5.74) is 3.73. The summed E-state index contributed by atoms with van der Waals surface area (Å²) in [5, 5.41) is 5.88. The van der Waals surface area contributed by atoms with Gasteiger partial charge in [0.25, 0.3) is 5.91 Å². The van der Waals surface area contributed by atoms with Crippen LogP contribution in [0.15, 0.2) is 86.3 Å². The van der Waals surface area contributed by atoms with Crippen LogP contribution in [0.25, 0.3) is 6.08 Å². The lowest BCUT2D eigenvalue weighted by atomic mass is 10.1. The Labute approximate surface area is 210 Å². The van der Waals surface area contributed by atoms with Crippen molar-refractivity contribution >= 4 is 55.2 Å². The van der Waals surface area contributed by atoms with Gasteiger partial charge in [-0.25, -0.2) is 0 Å². The lowest BCUT2D eigenvalue weighted by molar-refractivity contribution is -0.114. The van der Waals surface area contributed by atoms with Crippen molar-refractivity contribution in [3.05, 3.63) is 92.4 Å². The number of halogens is 2. The number of hydrazone groups is 1. The van der Waals surface area contributed by atoms with Gasteiger partial charge in [-0.05, 0) is 81.1 Å². The summed E-state index contributed by atoms with van der Waals surface area (Å²) in [4.78, 5) is 13.1. The van der Waals surface area contributed by atoms with Crippen molar-refractivity contribution in [2.75, 3.05) is 11.6 Å². The Kier molecular flexibility index (Phi) is 7.30. The quantitative estimate of drug-likeness (QED) is 0.288. The average molecular weight is 570 g/mol. The molecule has 1 aliphatic heterocycles. The summed E-state index contributed by atoms with van der Waals surface area (Å²) < 4.78 is 13.5. The number of benzene rings is 3. The third-order valence-corrected chi connectivity index (χ3v) is 7.19. The van der Waals surface area contributed by atoms with Crippen molar-refractivity contribution in [3.8, 4) is 11.5 Å². The summed E-state index contributed by atoms with van der Waals surface area (Å²) in [6, 6.07) is 21.2. The molecule has 168 valence electrons. The van der Waals surface area contributed by atoms with Gasteiger partial charge in [0.2, 0.25) is 0 Å². The predicted octanol–water partition coefficient (Wildman–Crippen LogP) is 7.00. The molecule has 0 bridgehead atoms. The molecule has 0 atom stereocenters. The smallest absolute Gasteiger partial charge is 0.280 e. The number of rotatable bonds is 7. The second-order valence-corrected chi connectivity index (χ2v) is 8.91. The molecular weight excluding hydrogens is 548 g/mol. The van der Waals surface area contributed by atoms with Gasteiger partial charge >= 0.3 is 0 Å². The van der Waals surface area contributed by atoms with E-state index in [0.717, 1.165) is 25.8 Å². The van der Waals surface area contributed by atoms with Crippen LogP contribution < -0.4 is 14.5 Å². The Morgan fingerprint density at radius 1 is 0.970 bits per heavy atom. The number of para-hydroxylation sites is 1. The zero-order valence-corrected chi connectivity index (χ0v) is 21.4. The van der Waals surface area contributed by atoms with E-state index in [9.17, 15) is 4.79 Å². The number of hydrogen-bond donors (Lipinski definition) is 0. The molecule has 0 unspecified atom stereocenters. The molecule has 4 rings (SSSR count). The van der Waals surface area contributed by atoms with Gasteiger partial charge in [0.05, 0.1) is 28.1 Å². The zero-order valence-electron chi connectivity index (χ0n) is 18.2. The van der Waals surface area contributed by atoms with E-state index in [1.165, 1.54) is 5.01 Å². The fourth-order valence-corrected chi connectivity index (χ4v) is 4.37. The van der Waals surface area contributed by atoms with Crippen LogP contribution in [-0.4, -0.2) is 18.2 Å². The molecule has 0 spiro atoms. The molecule has 3 aromatic rings. The molecule has 1 amide bonds. The van der Waals surface area contributed by atoms with Crippen LogP contribution in [-0.2, 0) is 11.4 Å². The maximum atomic E-state index is 13.1. The first-order chi connectivity index (χ1) is 16.0. The largest absolute Gasteiger partial charge is 0.490 e. The molecule has 1 heterocycles. The van der Waals surface area contributed by atoms with Crippen molar-refractivity contribution < 1.29 is 14.3 Å². The monoisotopic (exact) mass is 568 g/mol. The Morgan fingerprint density at radius 2 is 1.64 bits per heavy atom. The molecule has 1 aliphatic rings. The van der Waals surface area contributed by atoms with E-state index in [1.54, 1.807) is 0 Å². The molecule has 33 heavy (non-hydrogen) atoms. The lowest BCUT2D eigenvalue weighted by Crippen LogP contribution is -2.21. The number of ether oxygens (including phenoxy) is 2. The SMILES string of the molecule is CCOc1cc(/C=C2/C(=O)N(c3ccccc3)N=C2C)c(Br)c(Br)c1OCc1ccccc1. The fourth-order valence-electron chi connectivity index (χ4n) is 3.42. The zero-order chi connectivity index (χ0) is 23.4. The minimum absolute atomic E-state index is 0.177. The van der Waals surface area contributed by atoms with Crippen LogP contribution >= 0.6 is 31.9 Å². The van der Waals surface area contributed by atoms with Gasteiger partial charge in [0.1, 0.15) is 6.61 Å². The second-order valence-electron chi connectivity index (χ2n) is 7.32. The molecule has 0 radical (unpaired) electrons. The molecule has 0 saturated carbocycles. The third kappa shape index (κ3) is 5.04. The molecule has 0 N–H and O–H groups in total. The molecule has 0 fully saturated rings. The molecule has 0 saturated heterocycles. The van der Waals surface area contributed by atoms with Crippen molar-refractivity contribution in [3.63, 3.8) is 0 Å². The molecule has 0 aliphatic carbocycles. The van der Waals surface area contributed by atoms with Crippen molar-refractivity contribution in [1.82, 2.24) is 0 Å². The van der Waals surface area contributed by atoms with E-state index in [-0.39, 0.29) is 5.91 Å². The first-order valence-electron chi connectivity index (χ1n) is 10.5. The molecule has 5 nitrogen and oxygen atoms in total. The predicted molar refractivity (Wildman–Crippen MR) is 139 cm³/mol. The van der Waals surface area contributed by atoms with E-state index in [0.29, 0.717) is 36.0 Å². The standard InChI is InChI=1S/C26H22Br2N2O3/c1-3-32-22-15-19(23(27)24(28)25(22)33-16-18-10-6-4-7-11-18)14-21-17(2)29-30(26(21)31)20-12-8-5-9-13-20/h4-15H,3,16H2,1-2H3/b21-14+. The average Bonchev–Trinajstić information content (AvgIpc) is 3.11. The number of amides is 1. The van der Waals surface area contributed by atoms with Crippen molar-refractivity contribution in [1.29, 1.82) is 0 Å². The molecular formula is C26H22Br2N2O3. The van der Waals surface area contributed by atoms with Crippen LogP contribution in [0.2, 0.25) is 0 Å². The Morgan fingerprint density at radius 3 is 2.30 bits per heavy atom. The fraction of sp³-hybridized carbons (Fsp3) is 0.154. The maximum absolute atomic E-state index is 13.1. The highest BCUT2D eigenvalue weighted by Crippen LogP contribution is 2.44. The van der Waals surface area contributed by atoms with Gasteiger partial charge < -0.3 is 9.47 Å². The minimum atomic E-state index is -0.177. The first kappa shape index (κ1) is 23.3. The van der Waals surface area contributed by atoms with Crippen LogP contribution in [0.3, 0.4) is 0 Å². The van der Waals surface area contributed by atoms with Gasteiger partial charge in [0, 0.05) is 4.47 Å². The normalized spacial score (nSPS) is 14.5. The third-order valence-electron chi connectivity index (χ3n) is 5.04. The van der Waals surface area contributed by atoms with Gasteiger partial charge in [-0.2, -0.15) is 10.1 Å². The Bertz CT molecular complexity index is 1230. The van der Waals surface area contributed by atoms with E-state index < -0.39 is 0 Å². The summed E-state index contributed by atoms with van der Waals surface area (Å²) >= 11 is 7.30. The number of anilines is 1. The molecule has 3 aromatic carbocycles. The minimum Gasteiger partial charge on any atom is -0.490 e. The van der Waals surface area contributed by atoms with Crippen LogP contribution in [0.5, 0.6) is 11.5 Å². The molecule has 7 heteroatoms. The van der Waals surface area contributed by atoms with Gasteiger partial charge in [-0.15, -0.1) is 0 Å². The van der Waals surface area contributed by atoms with Crippen LogP contribution in [0.1, 0.15) is 25.0 Å². The Balaban J connectivity index is 1.67. The summed E-state index contributed by atoms with van der Waals surface area (Å²) in [7, 11) is 0. The highest BCUT2D eigenvalue weighted by Gasteiger charge is 2.29. The molecule has 0 aromatic heterocycles. The Hall–Kier alpha value is -2.90. The van der Waals surface area contributed by atoms with Gasteiger partial charge in [-0.3, -0.25) is 4.79 Å². The van der Waals surface area contributed by atoms with E-state index in [4.69, 9.17) is 9.47 Å². The van der Waals surface area contributed by atoms with E-state index in [2.05, 4.69) is 37.0 Å². The second kappa shape index (κ2) is 10.4. The highest BCUT2D eigenvalue weighted by atomic mass is 79.9. The van der Waals surface area contributed by atoms with Crippen LogP contribution in [0.4, 0.5) is 5.69 Å². The number of hydrogen-bond acceptors (Lipinski definition) is 4. The van der Waals surface area contributed by atoms with Gasteiger partial charge in [-0.1, -0.05) is 48.5 Å². The summed E-state index contributed by atoms with van der Waals surface area (Å²) in [6.45, 7) is 4.64.